The molecule has 0 spiro atoms. The van der Waals surface area contributed by atoms with E-state index in [9.17, 15) is 4.79 Å². The van der Waals surface area contributed by atoms with Crippen LogP contribution in [0.5, 0.6) is 0 Å². The van der Waals surface area contributed by atoms with Crippen molar-refractivity contribution in [1.82, 2.24) is 25.0 Å². The van der Waals surface area contributed by atoms with E-state index in [-0.39, 0.29) is 18.0 Å². The number of nitrogens with zero attached hydrogens (tertiary/aromatic N) is 4. The Balaban J connectivity index is 2.06. The van der Waals surface area contributed by atoms with Gasteiger partial charge in [0.2, 0.25) is 5.91 Å². The Morgan fingerprint density at radius 1 is 1.62 bits per heavy atom. The number of piperazine rings is 1. The van der Waals surface area contributed by atoms with Gasteiger partial charge in [0, 0.05) is 25.7 Å². The minimum Gasteiger partial charge on any atom is -0.336 e. The second-order valence-electron chi connectivity index (χ2n) is 4.14. The molecular formula is C10H17N5O. The average molecular weight is 223 g/mol. The van der Waals surface area contributed by atoms with Crippen molar-refractivity contribution in [3.63, 3.8) is 0 Å². The molecule has 0 bridgehead atoms. The molecule has 0 radical (unpaired) electrons. The molecule has 2 rings (SSSR count). The normalized spacial score (nSPS) is 23.1. The number of carbonyl (C=O) groups is 1. The van der Waals surface area contributed by atoms with Crippen molar-refractivity contribution in [3.8, 4) is 0 Å². The molecule has 1 aromatic rings. The first-order chi connectivity index (χ1) is 7.70. The van der Waals surface area contributed by atoms with E-state index < -0.39 is 0 Å². The summed E-state index contributed by atoms with van der Waals surface area (Å²) >= 11 is 0. The average Bonchev–Trinajstić information content (AvgIpc) is 2.81. The van der Waals surface area contributed by atoms with Crippen LogP contribution in [0.15, 0.2) is 12.7 Å². The van der Waals surface area contributed by atoms with Crippen LogP contribution in [0.2, 0.25) is 0 Å². The second-order valence-corrected chi connectivity index (χ2v) is 4.14. The summed E-state index contributed by atoms with van der Waals surface area (Å²) in [5.41, 5.74) is 0. The number of rotatable bonds is 2. The van der Waals surface area contributed by atoms with Crippen molar-refractivity contribution in [3.05, 3.63) is 12.7 Å². The van der Waals surface area contributed by atoms with Crippen LogP contribution in [0, 0.1) is 0 Å². The van der Waals surface area contributed by atoms with Crippen LogP contribution in [-0.4, -0.2) is 51.2 Å². The molecule has 1 aliphatic heterocycles. The van der Waals surface area contributed by atoms with E-state index in [1.807, 2.05) is 11.8 Å². The third kappa shape index (κ3) is 2.06. The zero-order valence-corrected chi connectivity index (χ0v) is 9.63. The smallest absolute Gasteiger partial charge is 0.247 e. The lowest BCUT2D eigenvalue weighted by molar-refractivity contribution is -0.137. The highest BCUT2D eigenvalue weighted by molar-refractivity contribution is 5.80. The van der Waals surface area contributed by atoms with Crippen LogP contribution in [0.25, 0.3) is 0 Å². The van der Waals surface area contributed by atoms with Gasteiger partial charge in [0.05, 0.1) is 0 Å². The molecule has 2 unspecified atom stereocenters. The number of hydrogen-bond acceptors (Lipinski definition) is 4. The van der Waals surface area contributed by atoms with Gasteiger partial charge in [-0.15, -0.1) is 0 Å². The van der Waals surface area contributed by atoms with Gasteiger partial charge in [-0.05, 0) is 13.8 Å². The molecule has 2 heterocycles. The van der Waals surface area contributed by atoms with Gasteiger partial charge >= 0.3 is 0 Å². The Morgan fingerprint density at radius 2 is 2.44 bits per heavy atom. The first-order valence-electron chi connectivity index (χ1n) is 5.55. The van der Waals surface area contributed by atoms with E-state index in [1.165, 1.54) is 6.33 Å². The molecule has 16 heavy (non-hydrogen) atoms. The van der Waals surface area contributed by atoms with Crippen LogP contribution in [-0.2, 0) is 4.79 Å². The van der Waals surface area contributed by atoms with Crippen LogP contribution in [0.1, 0.15) is 19.9 Å². The predicted molar refractivity (Wildman–Crippen MR) is 58.8 cm³/mol. The second kappa shape index (κ2) is 4.61. The molecule has 88 valence electrons. The van der Waals surface area contributed by atoms with Crippen molar-refractivity contribution in [2.75, 3.05) is 19.6 Å². The Morgan fingerprint density at radius 3 is 3.06 bits per heavy atom. The molecule has 1 aliphatic rings. The van der Waals surface area contributed by atoms with Gasteiger partial charge in [-0.25, -0.2) is 9.67 Å². The summed E-state index contributed by atoms with van der Waals surface area (Å²) in [6.07, 6.45) is 3.03. The Bertz CT molecular complexity index is 350. The fraction of sp³-hybridized carbons (Fsp3) is 0.700. The maximum absolute atomic E-state index is 12.2. The molecule has 1 aromatic heterocycles. The monoisotopic (exact) mass is 223 g/mol. The Labute approximate surface area is 94.6 Å². The molecule has 0 aliphatic carbocycles. The summed E-state index contributed by atoms with van der Waals surface area (Å²) in [5, 5.41) is 7.26. The van der Waals surface area contributed by atoms with E-state index >= 15 is 0 Å². The topological polar surface area (TPSA) is 63.1 Å². The third-order valence-electron chi connectivity index (χ3n) is 2.98. The highest BCUT2D eigenvalue weighted by atomic mass is 16.2. The summed E-state index contributed by atoms with van der Waals surface area (Å²) in [7, 11) is 0. The van der Waals surface area contributed by atoms with Crippen LogP contribution in [0.3, 0.4) is 0 Å². The molecule has 1 amide bonds. The molecule has 6 heteroatoms. The van der Waals surface area contributed by atoms with Crippen molar-refractivity contribution in [1.29, 1.82) is 0 Å². The largest absolute Gasteiger partial charge is 0.336 e. The number of carbonyl (C=O) groups excluding carboxylic acids is 1. The summed E-state index contributed by atoms with van der Waals surface area (Å²) in [4.78, 5) is 18.0. The van der Waals surface area contributed by atoms with E-state index in [1.54, 1.807) is 11.0 Å². The molecule has 1 N–H and O–H groups in total. The summed E-state index contributed by atoms with van der Waals surface area (Å²) in [6.45, 7) is 6.39. The zero-order chi connectivity index (χ0) is 11.5. The third-order valence-corrected chi connectivity index (χ3v) is 2.98. The summed E-state index contributed by atoms with van der Waals surface area (Å²) in [6, 6.07) is -0.0322. The first kappa shape index (κ1) is 11.1. The number of amides is 1. The lowest BCUT2D eigenvalue weighted by atomic mass is 10.2. The first-order valence-corrected chi connectivity index (χ1v) is 5.55. The fourth-order valence-electron chi connectivity index (χ4n) is 1.94. The lowest BCUT2D eigenvalue weighted by Gasteiger charge is -2.35. The SMILES string of the molecule is CC1CNCCN1C(=O)C(C)n1cncn1. The van der Waals surface area contributed by atoms with Gasteiger partial charge in [0.25, 0.3) is 0 Å². The molecule has 0 saturated carbocycles. The molecule has 6 nitrogen and oxygen atoms in total. The Hall–Kier alpha value is -1.43. The summed E-state index contributed by atoms with van der Waals surface area (Å²) in [5.74, 6) is 0.111. The van der Waals surface area contributed by atoms with E-state index in [0.29, 0.717) is 0 Å². The number of hydrogen-bond donors (Lipinski definition) is 1. The highest BCUT2D eigenvalue weighted by Crippen LogP contribution is 2.12. The molecule has 0 aromatic carbocycles. The maximum atomic E-state index is 12.2. The van der Waals surface area contributed by atoms with E-state index in [2.05, 4.69) is 22.3 Å². The standard InChI is InChI=1S/C10H17N5O/c1-8-5-11-3-4-14(8)10(16)9(2)15-7-12-6-13-15/h6-9,11H,3-5H2,1-2H3. The maximum Gasteiger partial charge on any atom is 0.247 e. The molecule has 2 atom stereocenters. The van der Waals surface area contributed by atoms with Crippen molar-refractivity contribution >= 4 is 5.91 Å². The quantitative estimate of drug-likeness (QED) is 0.745. The summed E-state index contributed by atoms with van der Waals surface area (Å²) < 4.78 is 1.59. The predicted octanol–water partition coefficient (Wildman–Crippen LogP) is -0.341. The minimum absolute atomic E-state index is 0.111. The number of nitrogens with one attached hydrogen (secondary N) is 1. The molecule has 1 fully saturated rings. The van der Waals surface area contributed by atoms with E-state index in [0.717, 1.165) is 19.6 Å². The van der Waals surface area contributed by atoms with Gasteiger partial charge in [-0.1, -0.05) is 0 Å². The molecule has 1 saturated heterocycles. The van der Waals surface area contributed by atoms with Crippen molar-refractivity contribution in [2.45, 2.75) is 25.9 Å². The minimum atomic E-state index is -0.275. The van der Waals surface area contributed by atoms with Gasteiger partial charge in [-0.3, -0.25) is 4.79 Å². The van der Waals surface area contributed by atoms with E-state index in [4.69, 9.17) is 0 Å². The van der Waals surface area contributed by atoms with Crippen LogP contribution >= 0.6 is 0 Å². The lowest BCUT2D eigenvalue weighted by Crippen LogP contribution is -2.53. The van der Waals surface area contributed by atoms with Crippen LogP contribution in [0.4, 0.5) is 0 Å². The van der Waals surface area contributed by atoms with Crippen molar-refractivity contribution < 1.29 is 4.79 Å². The molecular weight excluding hydrogens is 206 g/mol. The fourth-order valence-corrected chi connectivity index (χ4v) is 1.94. The highest BCUT2D eigenvalue weighted by Gasteiger charge is 2.27. The van der Waals surface area contributed by atoms with Crippen LogP contribution < -0.4 is 5.32 Å². The van der Waals surface area contributed by atoms with Gasteiger partial charge in [0.15, 0.2) is 0 Å². The van der Waals surface area contributed by atoms with Gasteiger partial charge in [-0.2, -0.15) is 5.10 Å². The Kier molecular flexibility index (Phi) is 3.19. The van der Waals surface area contributed by atoms with Gasteiger partial charge in [0.1, 0.15) is 18.7 Å². The zero-order valence-electron chi connectivity index (χ0n) is 9.63. The van der Waals surface area contributed by atoms with Gasteiger partial charge < -0.3 is 10.2 Å². The van der Waals surface area contributed by atoms with Crippen molar-refractivity contribution in [2.24, 2.45) is 0 Å². The number of aromatic nitrogens is 3.